The standard InChI is InChI=1S/C20H23N3OS/c1-13-7-8-15-10-16(11-21)20(23-18(15)9-13)25-12-19(24)22-17-6-4-3-5-14(17)2/h7-10,14,17H,3-6,12H2,1-2H3,(H,22,24)/t14-,17+/m1/s1. The van der Waals surface area contributed by atoms with E-state index in [-0.39, 0.29) is 11.9 Å². The van der Waals surface area contributed by atoms with Gasteiger partial charge in [-0.1, -0.05) is 43.7 Å². The van der Waals surface area contributed by atoms with Gasteiger partial charge in [-0.15, -0.1) is 0 Å². The van der Waals surface area contributed by atoms with Crippen LogP contribution in [0, 0.1) is 24.2 Å². The molecule has 2 atom stereocenters. The van der Waals surface area contributed by atoms with E-state index in [4.69, 9.17) is 0 Å². The van der Waals surface area contributed by atoms with Crippen LogP contribution < -0.4 is 5.32 Å². The number of rotatable bonds is 4. The predicted molar refractivity (Wildman–Crippen MR) is 101 cm³/mol. The summed E-state index contributed by atoms with van der Waals surface area (Å²) >= 11 is 1.34. The summed E-state index contributed by atoms with van der Waals surface area (Å²) in [5.74, 6) is 0.861. The van der Waals surface area contributed by atoms with Gasteiger partial charge in [0.25, 0.3) is 0 Å². The number of nitrogens with one attached hydrogen (secondary N) is 1. The molecule has 0 bridgehead atoms. The van der Waals surface area contributed by atoms with E-state index in [1.165, 1.54) is 31.0 Å². The largest absolute Gasteiger partial charge is 0.352 e. The number of hydrogen-bond acceptors (Lipinski definition) is 4. The van der Waals surface area contributed by atoms with Gasteiger partial charge in [0.2, 0.25) is 5.91 Å². The molecular formula is C20H23N3OS. The van der Waals surface area contributed by atoms with Gasteiger partial charge in [0, 0.05) is 11.4 Å². The number of nitriles is 1. The van der Waals surface area contributed by atoms with E-state index in [1.54, 1.807) is 0 Å². The van der Waals surface area contributed by atoms with E-state index >= 15 is 0 Å². The first-order chi connectivity index (χ1) is 12.1. The summed E-state index contributed by atoms with van der Waals surface area (Å²) in [6.45, 7) is 4.23. The van der Waals surface area contributed by atoms with Crippen LogP contribution in [0.25, 0.3) is 10.9 Å². The molecule has 1 aliphatic rings. The second kappa shape index (κ2) is 7.88. The minimum Gasteiger partial charge on any atom is -0.352 e. The van der Waals surface area contributed by atoms with Gasteiger partial charge in [-0.05, 0) is 43.4 Å². The number of fused-ring (bicyclic) bond motifs is 1. The van der Waals surface area contributed by atoms with Crippen molar-refractivity contribution in [1.82, 2.24) is 10.3 Å². The highest BCUT2D eigenvalue weighted by atomic mass is 32.2. The van der Waals surface area contributed by atoms with E-state index in [9.17, 15) is 10.1 Å². The Bertz CT molecular complexity index is 828. The summed E-state index contributed by atoms with van der Waals surface area (Å²) in [6.07, 6.45) is 4.69. The highest BCUT2D eigenvalue weighted by Crippen LogP contribution is 2.26. The Balaban J connectivity index is 1.69. The SMILES string of the molecule is Cc1ccc2cc(C#N)c(SCC(=O)N[C@H]3CCCC[C@H]3C)nc2c1. The van der Waals surface area contributed by atoms with E-state index in [0.717, 1.165) is 22.9 Å². The van der Waals surface area contributed by atoms with Crippen LogP contribution in [-0.2, 0) is 4.79 Å². The molecular weight excluding hydrogens is 330 g/mol. The molecule has 25 heavy (non-hydrogen) atoms. The van der Waals surface area contributed by atoms with Crippen molar-refractivity contribution in [3.63, 3.8) is 0 Å². The van der Waals surface area contributed by atoms with Crippen molar-refractivity contribution in [2.24, 2.45) is 5.92 Å². The average Bonchev–Trinajstić information content (AvgIpc) is 2.61. The average molecular weight is 353 g/mol. The van der Waals surface area contributed by atoms with Crippen LogP contribution in [0.1, 0.15) is 43.7 Å². The van der Waals surface area contributed by atoms with Crippen molar-refractivity contribution in [1.29, 1.82) is 5.26 Å². The molecule has 0 radical (unpaired) electrons. The summed E-state index contributed by atoms with van der Waals surface area (Å²) in [5.41, 5.74) is 2.52. The van der Waals surface area contributed by atoms with Gasteiger partial charge < -0.3 is 5.32 Å². The summed E-state index contributed by atoms with van der Waals surface area (Å²) < 4.78 is 0. The van der Waals surface area contributed by atoms with Crippen molar-refractivity contribution in [2.75, 3.05) is 5.75 Å². The third kappa shape index (κ3) is 4.32. The topological polar surface area (TPSA) is 65.8 Å². The fourth-order valence-corrected chi connectivity index (χ4v) is 4.14. The smallest absolute Gasteiger partial charge is 0.230 e. The third-order valence-electron chi connectivity index (χ3n) is 4.86. The number of aryl methyl sites for hydroxylation is 1. The zero-order valence-corrected chi connectivity index (χ0v) is 15.5. The van der Waals surface area contributed by atoms with Crippen molar-refractivity contribution in [3.05, 3.63) is 35.4 Å². The normalized spacial score (nSPS) is 20.2. The third-order valence-corrected chi connectivity index (χ3v) is 5.85. The van der Waals surface area contributed by atoms with Crippen LogP contribution >= 0.6 is 11.8 Å². The number of pyridine rings is 1. The highest BCUT2D eigenvalue weighted by molar-refractivity contribution is 8.00. The van der Waals surface area contributed by atoms with Gasteiger partial charge in [0.05, 0.1) is 16.8 Å². The monoisotopic (exact) mass is 353 g/mol. The van der Waals surface area contributed by atoms with Crippen molar-refractivity contribution in [3.8, 4) is 6.07 Å². The van der Waals surface area contributed by atoms with Crippen LogP contribution in [0.2, 0.25) is 0 Å². The maximum Gasteiger partial charge on any atom is 0.230 e. The van der Waals surface area contributed by atoms with Crippen LogP contribution in [-0.4, -0.2) is 22.7 Å². The van der Waals surface area contributed by atoms with E-state index < -0.39 is 0 Å². The number of thioether (sulfide) groups is 1. The molecule has 5 heteroatoms. The van der Waals surface area contributed by atoms with Gasteiger partial charge >= 0.3 is 0 Å². The molecule has 1 amide bonds. The van der Waals surface area contributed by atoms with Gasteiger partial charge in [-0.3, -0.25) is 4.79 Å². The summed E-state index contributed by atoms with van der Waals surface area (Å²) in [7, 11) is 0. The fraction of sp³-hybridized carbons (Fsp3) is 0.450. The van der Waals surface area contributed by atoms with Gasteiger partial charge in [-0.25, -0.2) is 4.98 Å². The second-order valence-corrected chi connectivity index (χ2v) is 7.84. The lowest BCUT2D eigenvalue weighted by Gasteiger charge is -2.29. The van der Waals surface area contributed by atoms with E-state index in [1.807, 2.05) is 31.2 Å². The quantitative estimate of drug-likeness (QED) is 0.837. The number of hydrogen-bond donors (Lipinski definition) is 1. The Morgan fingerprint density at radius 2 is 2.16 bits per heavy atom. The highest BCUT2D eigenvalue weighted by Gasteiger charge is 2.22. The maximum atomic E-state index is 12.3. The van der Waals surface area contributed by atoms with Gasteiger partial charge in [0.1, 0.15) is 11.1 Å². The summed E-state index contributed by atoms with van der Waals surface area (Å²) in [6, 6.07) is 10.3. The first kappa shape index (κ1) is 17.8. The fourth-order valence-electron chi connectivity index (χ4n) is 3.36. The van der Waals surface area contributed by atoms with Crippen LogP contribution in [0.5, 0.6) is 0 Å². The van der Waals surface area contributed by atoms with Crippen LogP contribution in [0.15, 0.2) is 29.3 Å². The van der Waals surface area contributed by atoms with Crippen molar-refractivity contribution < 1.29 is 4.79 Å². The Morgan fingerprint density at radius 1 is 1.36 bits per heavy atom. The minimum atomic E-state index is 0.0266. The van der Waals surface area contributed by atoms with Gasteiger partial charge in [0.15, 0.2) is 0 Å². The zero-order valence-electron chi connectivity index (χ0n) is 14.7. The number of aromatic nitrogens is 1. The lowest BCUT2D eigenvalue weighted by Crippen LogP contribution is -2.41. The molecule has 2 aromatic rings. The van der Waals surface area contributed by atoms with Crippen molar-refractivity contribution in [2.45, 2.75) is 50.6 Å². The molecule has 1 heterocycles. The van der Waals surface area contributed by atoms with E-state index in [0.29, 0.717) is 22.3 Å². The minimum absolute atomic E-state index is 0.0266. The molecule has 1 aliphatic carbocycles. The number of carbonyl (C=O) groups excluding carboxylic acids is 1. The Morgan fingerprint density at radius 3 is 2.92 bits per heavy atom. The first-order valence-electron chi connectivity index (χ1n) is 8.80. The predicted octanol–water partition coefficient (Wildman–Crippen LogP) is 4.20. The maximum absolute atomic E-state index is 12.3. The zero-order chi connectivity index (χ0) is 17.8. The summed E-state index contributed by atoms with van der Waals surface area (Å²) in [5, 5.41) is 14.1. The Kier molecular flexibility index (Phi) is 5.60. The molecule has 0 saturated heterocycles. The molecule has 1 N–H and O–H groups in total. The summed E-state index contributed by atoms with van der Waals surface area (Å²) in [4.78, 5) is 16.9. The lowest BCUT2D eigenvalue weighted by molar-refractivity contribution is -0.119. The molecule has 3 rings (SSSR count). The van der Waals surface area contributed by atoms with Gasteiger partial charge in [-0.2, -0.15) is 5.26 Å². The molecule has 1 aromatic carbocycles. The molecule has 0 unspecified atom stereocenters. The Hall–Kier alpha value is -2.06. The molecule has 130 valence electrons. The lowest BCUT2D eigenvalue weighted by atomic mass is 9.86. The Labute approximate surface area is 153 Å². The number of benzene rings is 1. The molecule has 1 aromatic heterocycles. The molecule has 1 fully saturated rings. The number of amides is 1. The van der Waals surface area contributed by atoms with Crippen molar-refractivity contribution >= 4 is 28.6 Å². The van der Waals surface area contributed by atoms with Crippen LogP contribution in [0.3, 0.4) is 0 Å². The van der Waals surface area contributed by atoms with E-state index in [2.05, 4.69) is 23.3 Å². The molecule has 4 nitrogen and oxygen atoms in total. The molecule has 0 spiro atoms. The second-order valence-electron chi connectivity index (χ2n) is 6.87. The molecule has 0 aliphatic heterocycles. The van der Waals surface area contributed by atoms with Crippen LogP contribution in [0.4, 0.5) is 0 Å². The number of carbonyl (C=O) groups is 1. The number of nitrogens with zero attached hydrogens (tertiary/aromatic N) is 2. The first-order valence-corrected chi connectivity index (χ1v) is 9.79. The molecule has 1 saturated carbocycles.